The molecule has 0 N–H and O–H groups in total. The third-order valence-corrected chi connectivity index (χ3v) is 6.42. The van der Waals surface area contributed by atoms with Crippen LogP contribution >= 0.6 is 23.2 Å². The van der Waals surface area contributed by atoms with Gasteiger partial charge in [-0.05, 0) is 31.4 Å². The molecule has 8 heteroatoms. The van der Waals surface area contributed by atoms with Crippen LogP contribution in [0.3, 0.4) is 0 Å². The second kappa shape index (κ2) is 7.43. The topological polar surface area (TPSA) is 69.7 Å². The molecule has 0 radical (unpaired) electrons. The summed E-state index contributed by atoms with van der Waals surface area (Å²) in [6.45, 7) is 7.49. The summed E-state index contributed by atoms with van der Waals surface area (Å²) < 4.78 is 35.5. The normalized spacial score (nSPS) is 23.3. The number of alkyl halides is 2. The number of esters is 1. The number of hydrogen-bond donors (Lipinski definition) is 0. The number of ether oxygens (including phenoxy) is 1. The van der Waals surface area contributed by atoms with Gasteiger partial charge in [-0.3, -0.25) is 8.98 Å². The molecule has 0 spiro atoms. The molecule has 5 nitrogen and oxygen atoms in total. The van der Waals surface area contributed by atoms with Crippen molar-refractivity contribution in [1.82, 2.24) is 0 Å². The first-order valence-electron chi connectivity index (χ1n) is 7.97. The van der Waals surface area contributed by atoms with E-state index in [1.54, 1.807) is 19.1 Å². The summed E-state index contributed by atoms with van der Waals surface area (Å²) in [5.74, 6) is -1.36. The fourth-order valence-corrected chi connectivity index (χ4v) is 4.78. The zero-order chi connectivity index (χ0) is 19.0. The summed E-state index contributed by atoms with van der Waals surface area (Å²) in [5.41, 5.74) is 0.413. The first-order chi connectivity index (χ1) is 11.5. The fourth-order valence-electron chi connectivity index (χ4n) is 3.14. The van der Waals surface area contributed by atoms with Gasteiger partial charge in [0.25, 0.3) is 10.1 Å². The first kappa shape index (κ1) is 20.5. The number of rotatable bonds is 7. The fraction of sp³-hybridized carbons (Fsp3) is 0.588. The molecule has 0 aliphatic heterocycles. The van der Waals surface area contributed by atoms with Crippen molar-refractivity contribution in [1.29, 1.82) is 0 Å². The summed E-state index contributed by atoms with van der Waals surface area (Å²) in [6, 6.07) is 6.26. The minimum Gasteiger partial charge on any atom is -0.466 e. The van der Waals surface area contributed by atoms with E-state index in [-0.39, 0.29) is 11.5 Å². The van der Waals surface area contributed by atoms with Crippen molar-refractivity contribution in [3.05, 3.63) is 29.8 Å². The number of carbonyl (C=O) groups excluding carboxylic acids is 1. The molecule has 3 atom stereocenters. The zero-order valence-corrected chi connectivity index (χ0v) is 16.9. The average Bonchev–Trinajstić information content (AvgIpc) is 3.07. The third-order valence-electron chi connectivity index (χ3n) is 4.60. The monoisotopic (exact) mass is 408 g/mol. The molecule has 2 rings (SSSR count). The van der Waals surface area contributed by atoms with Gasteiger partial charge in [0.05, 0.1) is 17.4 Å². The lowest BCUT2D eigenvalue weighted by molar-refractivity contribution is -0.146. The number of hydrogen-bond acceptors (Lipinski definition) is 5. The van der Waals surface area contributed by atoms with Crippen molar-refractivity contribution in [3.63, 3.8) is 0 Å². The van der Waals surface area contributed by atoms with Crippen molar-refractivity contribution in [3.8, 4) is 0 Å². The molecule has 25 heavy (non-hydrogen) atoms. The van der Waals surface area contributed by atoms with Gasteiger partial charge in [-0.25, -0.2) is 0 Å². The Labute approximate surface area is 158 Å². The predicted molar refractivity (Wildman–Crippen MR) is 96.1 cm³/mol. The summed E-state index contributed by atoms with van der Waals surface area (Å²) in [4.78, 5) is 11.0. The van der Waals surface area contributed by atoms with Crippen molar-refractivity contribution < 1.29 is 22.1 Å². The lowest BCUT2D eigenvalue weighted by Crippen LogP contribution is -2.29. The molecule has 140 valence electrons. The minimum absolute atomic E-state index is 0.0169. The lowest BCUT2D eigenvalue weighted by atomic mass is 10.1. The van der Waals surface area contributed by atoms with Crippen molar-refractivity contribution in [2.45, 2.75) is 43.5 Å². The van der Waals surface area contributed by atoms with E-state index in [2.05, 4.69) is 0 Å². The van der Waals surface area contributed by atoms with E-state index in [9.17, 15) is 13.2 Å². The van der Waals surface area contributed by atoms with Crippen LogP contribution in [0.15, 0.2) is 29.2 Å². The first-order valence-corrected chi connectivity index (χ1v) is 10.2. The Morgan fingerprint density at radius 3 is 2.28 bits per heavy atom. The van der Waals surface area contributed by atoms with Crippen molar-refractivity contribution >= 4 is 39.3 Å². The number of benzene rings is 1. The Bertz CT molecular complexity index is 728. The molecule has 1 saturated carbocycles. The van der Waals surface area contributed by atoms with Gasteiger partial charge in [0, 0.05) is 5.92 Å². The Kier molecular flexibility index (Phi) is 6.09. The van der Waals surface area contributed by atoms with E-state index in [1.165, 1.54) is 12.1 Å². The van der Waals surface area contributed by atoms with E-state index < -0.39 is 44.3 Å². The highest BCUT2D eigenvalue weighted by atomic mass is 35.5. The number of aryl methyl sites for hydroxylation is 1. The maximum atomic E-state index is 12.5. The van der Waals surface area contributed by atoms with Crippen LogP contribution in [0.1, 0.15) is 26.3 Å². The second-order valence-corrected chi connectivity index (χ2v) is 9.48. The van der Waals surface area contributed by atoms with E-state index >= 15 is 0 Å². The van der Waals surface area contributed by atoms with Crippen LogP contribution < -0.4 is 0 Å². The van der Waals surface area contributed by atoms with Gasteiger partial charge in [-0.15, -0.1) is 23.2 Å². The second-order valence-electron chi connectivity index (χ2n) is 6.74. The Morgan fingerprint density at radius 1 is 1.24 bits per heavy atom. The van der Waals surface area contributed by atoms with Crippen LogP contribution in [-0.4, -0.2) is 31.9 Å². The smallest absolute Gasteiger partial charge is 0.309 e. The zero-order valence-electron chi connectivity index (χ0n) is 14.5. The molecule has 1 aromatic carbocycles. The quantitative estimate of drug-likeness (QED) is 0.390. The highest BCUT2D eigenvalue weighted by molar-refractivity contribution is 7.86. The van der Waals surface area contributed by atoms with Gasteiger partial charge in [0.2, 0.25) is 0 Å². The predicted octanol–water partition coefficient (Wildman–Crippen LogP) is 3.71. The van der Waals surface area contributed by atoms with Crippen molar-refractivity contribution in [2.75, 3.05) is 6.61 Å². The maximum Gasteiger partial charge on any atom is 0.309 e. The van der Waals surface area contributed by atoms with Crippen LogP contribution in [0.5, 0.6) is 0 Å². The minimum atomic E-state index is -4.06. The lowest BCUT2D eigenvalue weighted by Gasteiger charge is -2.20. The molecule has 1 aromatic rings. The van der Waals surface area contributed by atoms with Gasteiger partial charge >= 0.3 is 5.97 Å². The van der Waals surface area contributed by atoms with Crippen LogP contribution in [0.2, 0.25) is 0 Å². The molecule has 0 amide bonds. The molecule has 0 bridgehead atoms. The molecule has 1 aliphatic carbocycles. The maximum absolute atomic E-state index is 12.5. The summed E-state index contributed by atoms with van der Waals surface area (Å²) >= 11 is 12.0. The summed E-state index contributed by atoms with van der Waals surface area (Å²) in [5, 5.41) is 0. The summed E-state index contributed by atoms with van der Waals surface area (Å²) in [6.07, 6.45) is -1.04. The molecular weight excluding hydrogens is 387 g/mol. The van der Waals surface area contributed by atoms with Crippen LogP contribution in [0, 0.1) is 24.2 Å². The molecule has 0 heterocycles. The number of halogens is 2. The highest BCUT2D eigenvalue weighted by Crippen LogP contribution is 2.62. The Morgan fingerprint density at radius 2 is 1.80 bits per heavy atom. The van der Waals surface area contributed by atoms with Crippen LogP contribution in [0.4, 0.5) is 0 Å². The summed E-state index contributed by atoms with van der Waals surface area (Å²) in [7, 11) is -4.06. The molecular formula is C17H22Cl2O5S. The van der Waals surface area contributed by atoms with E-state index in [0.717, 1.165) is 5.56 Å². The van der Waals surface area contributed by atoms with Gasteiger partial charge in [-0.2, -0.15) is 8.42 Å². The molecule has 1 fully saturated rings. The SMILES string of the molecule is CCOC(=O)[C@@H]1[C@@H](C(OS(=O)(=O)c2ccc(C)cc2)C(Cl)Cl)C1(C)C. The van der Waals surface area contributed by atoms with E-state index in [4.69, 9.17) is 32.1 Å². The van der Waals surface area contributed by atoms with Gasteiger partial charge in [0.15, 0.2) is 0 Å². The van der Waals surface area contributed by atoms with Crippen LogP contribution in [-0.2, 0) is 23.8 Å². The van der Waals surface area contributed by atoms with Gasteiger partial charge in [0.1, 0.15) is 10.9 Å². The van der Waals surface area contributed by atoms with E-state index in [0.29, 0.717) is 0 Å². The van der Waals surface area contributed by atoms with Gasteiger partial charge < -0.3 is 4.74 Å². The number of carbonyl (C=O) groups is 1. The van der Waals surface area contributed by atoms with Crippen molar-refractivity contribution in [2.24, 2.45) is 17.3 Å². The molecule has 0 saturated heterocycles. The average molecular weight is 409 g/mol. The van der Waals surface area contributed by atoms with E-state index in [1.807, 2.05) is 20.8 Å². The standard InChI is InChI=1S/C17H22Cl2O5S/c1-5-23-16(20)13-12(17(13,3)4)14(15(18)19)24-25(21,22)11-8-6-10(2)7-9-11/h6-9,12-15H,5H2,1-4H3/t12-,13-,14?/m0/s1. The molecule has 0 aromatic heterocycles. The van der Waals surface area contributed by atoms with Crippen LogP contribution in [0.25, 0.3) is 0 Å². The Balaban J connectivity index is 2.25. The largest absolute Gasteiger partial charge is 0.466 e. The highest BCUT2D eigenvalue weighted by Gasteiger charge is 2.67. The van der Waals surface area contributed by atoms with Gasteiger partial charge in [-0.1, -0.05) is 31.5 Å². The Hall–Kier alpha value is -0.820. The molecule has 1 unspecified atom stereocenters. The third kappa shape index (κ3) is 4.30. The molecule has 1 aliphatic rings.